The van der Waals surface area contributed by atoms with Crippen molar-refractivity contribution < 1.29 is 13.9 Å². The van der Waals surface area contributed by atoms with Gasteiger partial charge in [0.1, 0.15) is 16.9 Å². The van der Waals surface area contributed by atoms with Gasteiger partial charge in [-0.2, -0.15) is 0 Å². The molecule has 0 aliphatic rings. The van der Waals surface area contributed by atoms with Crippen LogP contribution in [0, 0.1) is 13.8 Å². The van der Waals surface area contributed by atoms with E-state index in [2.05, 4.69) is 0 Å². The molecule has 0 radical (unpaired) electrons. The summed E-state index contributed by atoms with van der Waals surface area (Å²) in [6.45, 7) is 3.75. The van der Waals surface area contributed by atoms with E-state index in [9.17, 15) is 4.79 Å². The van der Waals surface area contributed by atoms with E-state index in [0.29, 0.717) is 11.3 Å². The molecule has 0 N–H and O–H groups in total. The first-order chi connectivity index (χ1) is 7.13. The molecule has 3 heteroatoms. The number of methoxy groups -OCH3 is 1. The Labute approximate surface area is 87.6 Å². The van der Waals surface area contributed by atoms with Gasteiger partial charge < -0.3 is 9.15 Å². The van der Waals surface area contributed by atoms with E-state index in [-0.39, 0.29) is 5.97 Å². The Kier molecular flexibility index (Phi) is 2.23. The summed E-state index contributed by atoms with van der Waals surface area (Å²) in [5.74, 6) is 0.248. The maximum atomic E-state index is 11.5. The lowest BCUT2D eigenvalue weighted by atomic mass is 10.1. The van der Waals surface area contributed by atoms with Crippen molar-refractivity contribution in [2.24, 2.45) is 0 Å². The number of carbonyl (C=O) groups excluding carboxylic acids is 1. The van der Waals surface area contributed by atoms with Gasteiger partial charge in [0.15, 0.2) is 0 Å². The van der Waals surface area contributed by atoms with Crippen LogP contribution in [0.15, 0.2) is 22.6 Å². The largest absolute Gasteiger partial charge is 0.465 e. The molecule has 1 aromatic carbocycles. The van der Waals surface area contributed by atoms with E-state index in [4.69, 9.17) is 9.15 Å². The number of benzene rings is 1. The Morgan fingerprint density at radius 3 is 2.73 bits per heavy atom. The van der Waals surface area contributed by atoms with Crippen LogP contribution in [-0.2, 0) is 4.74 Å². The molecule has 2 aromatic rings. The number of carbonyl (C=O) groups is 1. The van der Waals surface area contributed by atoms with Crippen molar-refractivity contribution in [2.45, 2.75) is 13.8 Å². The quantitative estimate of drug-likeness (QED) is 0.670. The summed E-state index contributed by atoms with van der Waals surface area (Å²) in [5, 5.41) is 0.810. The van der Waals surface area contributed by atoms with E-state index in [0.717, 1.165) is 16.5 Å². The number of furan rings is 1. The van der Waals surface area contributed by atoms with Gasteiger partial charge >= 0.3 is 5.97 Å². The summed E-state index contributed by atoms with van der Waals surface area (Å²) in [4.78, 5) is 11.5. The first-order valence-electron chi connectivity index (χ1n) is 4.71. The van der Waals surface area contributed by atoms with Gasteiger partial charge in [-0.05, 0) is 31.5 Å². The monoisotopic (exact) mass is 204 g/mol. The van der Waals surface area contributed by atoms with Gasteiger partial charge in [0, 0.05) is 5.39 Å². The third-order valence-corrected chi connectivity index (χ3v) is 2.41. The van der Waals surface area contributed by atoms with Crippen LogP contribution in [0.4, 0.5) is 0 Å². The highest BCUT2D eigenvalue weighted by Gasteiger charge is 2.18. The van der Waals surface area contributed by atoms with Crippen molar-refractivity contribution in [2.75, 3.05) is 7.11 Å². The molecule has 1 heterocycles. The third-order valence-electron chi connectivity index (χ3n) is 2.41. The molecule has 0 aliphatic heterocycles. The van der Waals surface area contributed by atoms with Crippen LogP contribution < -0.4 is 0 Å². The molecule has 0 saturated carbocycles. The number of hydrogen-bond donors (Lipinski definition) is 0. The number of hydrogen-bond acceptors (Lipinski definition) is 3. The molecule has 0 aliphatic carbocycles. The molecule has 0 atom stereocenters. The minimum atomic E-state index is -0.352. The van der Waals surface area contributed by atoms with Crippen molar-refractivity contribution in [3.05, 3.63) is 35.1 Å². The van der Waals surface area contributed by atoms with Crippen LogP contribution in [0.1, 0.15) is 21.7 Å². The SMILES string of the molecule is COC(=O)c1c(C)oc2cc(C)ccc12. The van der Waals surface area contributed by atoms with Gasteiger partial charge in [-0.3, -0.25) is 0 Å². The molecule has 0 amide bonds. The predicted octanol–water partition coefficient (Wildman–Crippen LogP) is 2.84. The Bertz CT molecular complexity index is 523. The molecule has 0 spiro atoms. The van der Waals surface area contributed by atoms with Crippen molar-refractivity contribution in [3.8, 4) is 0 Å². The summed E-state index contributed by atoms with van der Waals surface area (Å²) < 4.78 is 10.2. The number of ether oxygens (including phenoxy) is 1. The second-order valence-corrected chi connectivity index (χ2v) is 3.52. The zero-order chi connectivity index (χ0) is 11.0. The summed E-state index contributed by atoms with van der Waals surface area (Å²) in [6, 6.07) is 5.74. The van der Waals surface area contributed by atoms with E-state index in [1.807, 2.05) is 25.1 Å². The van der Waals surface area contributed by atoms with Crippen molar-refractivity contribution in [1.82, 2.24) is 0 Å². The number of aryl methyl sites for hydroxylation is 2. The van der Waals surface area contributed by atoms with Crippen LogP contribution in [0.2, 0.25) is 0 Å². The predicted molar refractivity (Wildman–Crippen MR) is 57.0 cm³/mol. The molecule has 3 nitrogen and oxygen atoms in total. The molecular weight excluding hydrogens is 192 g/mol. The summed E-state index contributed by atoms with van der Waals surface area (Å²) in [7, 11) is 1.37. The maximum absolute atomic E-state index is 11.5. The second-order valence-electron chi connectivity index (χ2n) is 3.52. The highest BCUT2D eigenvalue weighted by Crippen LogP contribution is 2.26. The van der Waals surface area contributed by atoms with E-state index < -0.39 is 0 Å². The van der Waals surface area contributed by atoms with Gasteiger partial charge in [-0.25, -0.2) is 4.79 Å². The van der Waals surface area contributed by atoms with Crippen LogP contribution >= 0.6 is 0 Å². The molecule has 0 saturated heterocycles. The lowest BCUT2D eigenvalue weighted by Gasteiger charge is -1.96. The molecule has 15 heavy (non-hydrogen) atoms. The minimum absolute atomic E-state index is 0.352. The first-order valence-corrected chi connectivity index (χ1v) is 4.71. The van der Waals surface area contributed by atoms with Crippen molar-refractivity contribution in [3.63, 3.8) is 0 Å². The third kappa shape index (κ3) is 1.50. The molecule has 0 fully saturated rings. The molecular formula is C12H12O3. The highest BCUT2D eigenvalue weighted by atomic mass is 16.5. The van der Waals surface area contributed by atoms with Crippen LogP contribution in [0.3, 0.4) is 0 Å². The summed E-state index contributed by atoms with van der Waals surface area (Å²) in [5.41, 5.74) is 2.35. The Hall–Kier alpha value is -1.77. The number of rotatable bonds is 1. The Balaban J connectivity index is 2.73. The molecule has 1 aromatic heterocycles. The molecule has 0 bridgehead atoms. The number of esters is 1. The van der Waals surface area contributed by atoms with Gasteiger partial charge in [0.2, 0.25) is 0 Å². The molecule has 78 valence electrons. The fourth-order valence-electron chi connectivity index (χ4n) is 1.68. The summed E-state index contributed by atoms with van der Waals surface area (Å²) in [6.07, 6.45) is 0. The molecule has 2 rings (SSSR count). The second kappa shape index (κ2) is 3.42. The Morgan fingerprint density at radius 1 is 1.33 bits per heavy atom. The fraction of sp³-hybridized carbons (Fsp3) is 0.250. The van der Waals surface area contributed by atoms with E-state index >= 15 is 0 Å². The Morgan fingerprint density at radius 2 is 2.07 bits per heavy atom. The first kappa shape index (κ1) is 9.77. The highest BCUT2D eigenvalue weighted by molar-refractivity contribution is 6.04. The van der Waals surface area contributed by atoms with Crippen LogP contribution in [0.5, 0.6) is 0 Å². The van der Waals surface area contributed by atoms with Gasteiger partial charge in [0.05, 0.1) is 7.11 Å². The lowest BCUT2D eigenvalue weighted by Crippen LogP contribution is -2.01. The fourth-order valence-corrected chi connectivity index (χ4v) is 1.68. The van der Waals surface area contributed by atoms with Gasteiger partial charge in [-0.1, -0.05) is 6.07 Å². The number of fused-ring (bicyclic) bond motifs is 1. The summed E-state index contributed by atoms with van der Waals surface area (Å²) >= 11 is 0. The average Bonchev–Trinajstić information content (AvgIpc) is 2.52. The van der Waals surface area contributed by atoms with Crippen molar-refractivity contribution in [1.29, 1.82) is 0 Å². The topological polar surface area (TPSA) is 39.4 Å². The van der Waals surface area contributed by atoms with Gasteiger partial charge in [0.25, 0.3) is 0 Å². The minimum Gasteiger partial charge on any atom is -0.465 e. The zero-order valence-electron chi connectivity index (χ0n) is 8.96. The molecule has 0 unspecified atom stereocenters. The van der Waals surface area contributed by atoms with E-state index in [1.165, 1.54) is 7.11 Å². The van der Waals surface area contributed by atoms with Gasteiger partial charge in [-0.15, -0.1) is 0 Å². The van der Waals surface area contributed by atoms with E-state index in [1.54, 1.807) is 6.92 Å². The van der Waals surface area contributed by atoms with Crippen LogP contribution in [-0.4, -0.2) is 13.1 Å². The van der Waals surface area contributed by atoms with Crippen molar-refractivity contribution >= 4 is 16.9 Å². The normalized spacial score (nSPS) is 10.6. The van der Waals surface area contributed by atoms with Crippen LogP contribution in [0.25, 0.3) is 11.0 Å². The average molecular weight is 204 g/mol. The maximum Gasteiger partial charge on any atom is 0.342 e. The lowest BCUT2D eigenvalue weighted by molar-refractivity contribution is 0.0601. The standard InChI is InChI=1S/C12H12O3/c1-7-4-5-9-10(6-7)15-8(2)11(9)12(13)14-3/h4-6H,1-3H3. The smallest absolute Gasteiger partial charge is 0.342 e. The zero-order valence-corrected chi connectivity index (χ0v) is 8.96.